The molecule has 1 aliphatic rings. The van der Waals surface area contributed by atoms with Gasteiger partial charge in [0.2, 0.25) is 0 Å². The predicted octanol–water partition coefficient (Wildman–Crippen LogP) is 1.12. The van der Waals surface area contributed by atoms with E-state index in [9.17, 15) is 0 Å². The smallest absolute Gasteiger partial charge is 0.0698 e. The largest absolute Gasteiger partial charge is 0.394 e. The highest BCUT2D eigenvalue weighted by atomic mass is 16.5. The summed E-state index contributed by atoms with van der Waals surface area (Å²) in [6, 6.07) is 6.77. The van der Waals surface area contributed by atoms with Crippen LogP contribution < -0.4 is 5.32 Å². The maximum Gasteiger partial charge on any atom is 0.0698 e. The third-order valence-corrected chi connectivity index (χ3v) is 3.43. The van der Waals surface area contributed by atoms with Gasteiger partial charge in [-0.3, -0.25) is 4.90 Å². The topological polar surface area (TPSA) is 44.7 Å². The van der Waals surface area contributed by atoms with Crippen LogP contribution in [0.3, 0.4) is 0 Å². The third kappa shape index (κ3) is 4.28. The summed E-state index contributed by atoms with van der Waals surface area (Å²) in [5.41, 5.74) is 4.24. The Morgan fingerprint density at radius 2 is 2.11 bits per heavy atom. The average Bonchev–Trinajstić information content (AvgIpc) is 2.83. The first-order chi connectivity index (χ1) is 9.33. The minimum Gasteiger partial charge on any atom is -0.394 e. The molecule has 0 unspecified atom stereocenters. The van der Waals surface area contributed by atoms with Crippen molar-refractivity contribution in [1.29, 1.82) is 0 Å². The first-order valence-electron chi connectivity index (χ1n) is 7.06. The molecule has 4 heteroatoms. The molecule has 0 bridgehead atoms. The molecule has 0 atom stereocenters. The molecule has 1 aromatic rings. The van der Waals surface area contributed by atoms with E-state index in [1.54, 1.807) is 0 Å². The lowest BCUT2D eigenvalue weighted by Crippen LogP contribution is -2.22. The Kier molecular flexibility index (Phi) is 5.79. The number of aliphatic hydroxyl groups is 1. The number of nitrogens with zero attached hydrogens (tertiary/aromatic N) is 1. The zero-order valence-electron chi connectivity index (χ0n) is 11.7. The van der Waals surface area contributed by atoms with Gasteiger partial charge in [0.05, 0.1) is 19.8 Å². The second kappa shape index (κ2) is 7.60. The second-order valence-electron chi connectivity index (χ2n) is 4.93. The van der Waals surface area contributed by atoms with E-state index in [0.717, 1.165) is 32.7 Å². The summed E-state index contributed by atoms with van der Waals surface area (Å²) >= 11 is 0. The van der Waals surface area contributed by atoms with Crippen molar-refractivity contribution < 1.29 is 9.84 Å². The van der Waals surface area contributed by atoms with E-state index in [1.807, 2.05) is 0 Å². The molecule has 0 amide bonds. The number of nitrogens with one attached hydrogen (secondary N) is 1. The molecule has 0 saturated heterocycles. The standard InChI is InChI=1S/C15H24N2O2/c1-2-16-10-13-3-4-14-11-17(12-15(14)9-13)5-7-19-8-6-18/h3-4,9,16,18H,2,5-8,10-12H2,1H3. The molecule has 0 fully saturated rings. The van der Waals surface area contributed by atoms with E-state index in [2.05, 4.69) is 35.3 Å². The fourth-order valence-electron chi connectivity index (χ4n) is 2.42. The number of aliphatic hydroxyl groups excluding tert-OH is 1. The quantitative estimate of drug-likeness (QED) is 0.691. The molecular weight excluding hydrogens is 240 g/mol. The molecule has 0 aromatic heterocycles. The highest BCUT2D eigenvalue weighted by Gasteiger charge is 2.18. The molecule has 1 aromatic carbocycles. The Morgan fingerprint density at radius 1 is 1.26 bits per heavy atom. The van der Waals surface area contributed by atoms with E-state index in [1.165, 1.54) is 16.7 Å². The van der Waals surface area contributed by atoms with Crippen molar-refractivity contribution in [3.63, 3.8) is 0 Å². The van der Waals surface area contributed by atoms with Gasteiger partial charge in [0.25, 0.3) is 0 Å². The van der Waals surface area contributed by atoms with Crippen molar-refractivity contribution in [2.24, 2.45) is 0 Å². The molecule has 1 heterocycles. The number of benzene rings is 1. The van der Waals surface area contributed by atoms with Gasteiger partial charge in [0, 0.05) is 26.2 Å². The van der Waals surface area contributed by atoms with Gasteiger partial charge in [0.1, 0.15) is 0 Å². The summed E-state index contributed by atoms with van der Waals surface area (Å²) in [7, 11) is 0. The van der Waals surface area contributed by atoms with E-state index < -0.39 is 0 Å². The van der Waals surface area contributed by atoms with E-state index >= 15 is 0 Å². The Balaban J connectivity index is 1.82. The number of fused-ring (bicyclic) bond motifs is 1. The van der Waals surface area contributed by atoms with Crippen LogP contribution in [0.1, 0.15) is 23.6 Å². The van der Waals surface area contributed by atoms with Crippen molar-refractivity contribution in [1.82, 2.24) is 10.2 Å². The van der Waals surface area contributed by atoms with Crippen molar-refractivity contribution in [3.05, 3.63) is 34.9 Å². The van der Waals surface area contributed by atoms with E-state index in [-0.39, 0.29) is 6.61 Å². The van der Waals surface area contributed by atoms with Gasteiger partial charge in [-0.2, -0.15) is 0 Å². The lowest BCUT2D eigenvalue weighted by molar-refractivity contribution is 0.0731. The van der Waals surface area contributed by atoms with Gasteiger partial charge in [-0.1, -0.05) is 25.1 Å². The number of hydrogen-bond donors (Lipinski definition) is 2. The summed E-state index contributed by atoms with van der Waals surface area (Å²) < 4.78 is 5.32. The maximum atomic E-state index is 8.66. The van der Waals surface area contributed by atoms with Gasteiger partial charge >= 0.3 is 0 Å². The predicted molar refractivity (Wildman–Crippen MR) is 75.8 cm³/mol. The minimum atomic E-state index is 0.105. The van der Waals surface area contributed by atoms with Gasteiger partial charge in [0.15, 0.2) is 0 Å². The van der Waals surface area contributed by atoms with Crippen molar-refractivity contribution in [3.8, 4) is 0 Å². The first kappa shape index (κ1) is 14.5. The zero-order chi connectivity index (χ0) is 13.5. The highest BCUT2D eigenvalue weighted by Crippen LogP contribution is 2.23. The molecule has 0 radical (unpaired) electrons. The fourth-order valence-corrected chi connectivity index (χ4v) is 2.42. The van der Waals surface area contributed by atoms with Crippen LogP contribution in [0.25, 0.3) is 0 Å². The molecule has 2 N–H and O–H groups in total. The van der Waals surface area contributed by atoms with Gasteiger partial charge in [-0.25, -0.2) is 0 Å². The number of hydrogen-bond acceptors (Lipinski definition) is 4. The molecular formula is C15H24N2O2. The monoisotopic (exact) mass is 264 g/mol. The normalized spacial score (nSPS) is 14.8. The summed E-state index contributed by atoms with van der Waals surface area (Å²) in [5, 5.41) is 12.0. The summed E-state index contributed by atoms with van der Waals surface area (Å²) in [5.74, 6) is 0. The Bertz CT molecular complexity index is 396. The number of rotatable bonds is 8. The molecule has 0 saturated carbocycles. The van der Waals surface area contributed by atoms with Crippen molar-refractivity contribution >= 4 is 0 Å². The van der Waals surface area contributed by atoms with E-state index in [0.29, 0.717) is 13.2 Å². The average molecular weight is 264 g/mol. The highest BCUT2D eigenvalue weighted by molar-refractivity contribution is 5.34. The zero-order valence-corrected chi connectivity index (χ0v) is 11.7. The van der Waals surface area contributed by atoms with Crippen molar-refractivity contribution in [2.45, 2.75) is 26.6 Å². The van der Waals surface area contributed by atoms with Crippen molar-refractivity contribution in [2.75, 3.05) is 32.9 Å². The molecule has 19 heavy (non-hydrogen) atoms. The molecule has 0 aliphatic carbocycles. The minimum absolute atomic E-state index is 0.105. The lowest BCUT2D eigenvalue weighted by atomic mass is 10.1. The van der Waals surface area contributed by atoms with Crippen LogP contribution in [0.5, 0.6) is 0 Å². The van der Waals surface area contributed by atoms with Crippen LogP contribution in [0, 0.1) is 0 Å². The van der Waals surface area contributed by atoms with Crippen LogP contribution in [-0.2, 0) is 24.4 Å². The van der Waals surface area contributed by atoms with Gasteiger partial charge in [-0.15, -0.1) is 0 Å². The molecule has 106 valence electrons. The SMILES string of the molecule is CCNCc1ccc2c(c1)CN(CCOCCO)C2. The van der Waals surface area contributed by atoms with E-state index in [4.69, 9.17) is 9.84 Å². The Hall–Kier alpha value is -0.940. The molecule has 0 spiro atoms. The summed E-state index contributed by atoms with van der Waals surface area (Å²) in [4.78, 5) is 2.39. The van der Waals surface area contributed by atoms with Crippen LogP contribution in [0.15, 0.2) is 18.2 Å². The van der Waals surface area contributed by atoms with Crippen LogP contribution in [0.2, 0.25) is 0 Å². The summed E-state index contributed by atoms with van der Waals surface area (Å²) in [6.07, 6.45) is 0. The van der Waals surface area contributed by atoms with Crippen LogP contribution in [0.4, 0.5) is 0 Å². The lowest BCUT2D eigenvalue weighted by Gasteiger charge is -2.14. The Morgan fingerprint density at radius 3 is 2.89 bits per heavy atom. The molecule has 4 nitrogen and oxygen atoms in total. The fraction of sp³-hybridized carbons (Fsp3) is 0.600. The van der Waals surface area contributed by atoms with Gasteiger partial charge < -0.3 is 15.2 Å². The number of ether oxygens (including phenoxy) is 1. The summed E-state index contributed by atoms with van der Waals surface area (Å²) in [6.45, 7) is 8.27. The van der Waals surface area contributed by atoms with Gasteiger partial charge in [-0.05, 0) is 23.2 Å². The Labute approximate surface area is 115 Å². The van der Waals surface area contributed by atoms with Crippen LogP contribution >= 0.6 is 0 Å². The first-order valence-corrected chi connectivity index (χ1v) is 7.06. The maximum absolute atomic E-state index is 8.66. The second-order valence-corrected chi connectivity index (χ2v) is 4.93. The van der Waals surface area contributed by atoms with Crippen LogP contribution in [-0.4, -0.2) is 42.9 Å². The molecule has 1 aliphatic heterocycles. The third-order valence-electron chi connectivity index (χ3n) is 3.43. The molecule has 2 rings (SSSR count).